The molecule has 27 heavy (non-hydrogen) atoms. The minimum absolute atomic E-state index is 0.168. The van der Waals surface area contributed by atoms with Crippen molar-refractivity contribution in [1.82, 2.24) is 14.9 Å². The summed E-state index contributed by atoms with van der Waals surface area (Å²) in [5, 5.41) is 2.71. The number of carbonyl (C=O) groups excluding carboxylic acids is 3. The number of amides is 2. The van der Waals surface area contributed by atoms with Gasteiger partial charge in [0.05, 0.1) is 6.54 Å². The van der Waals surface area contributed by atoms with E-state index in [1.165, 1.54) is 19.2 Å². The Morgan fingerprint density at radius 1 is 1.26 bits per heavy atom. The highest BCUT2D eigenvalue weighted by Gasteiger charge is 2.25. The summed E-state index contributed by atoms with van der Waals surface area (Å²) in [7, 11) is -2.86. The van der Waals surface area contributed by atoms with Crippen LogP contribution in [-0.4, -0.2) is 63.9 Å². The molecule has 148 valence electrons. The van der Waals surface area contributed by atoms with Crippen molar-refractivity contribution < 1.29 is 31.9 Å². The van der Waals surface area contributed by atoms with E-state index in [1.54, 1.807) is 0 Å². The zero-order valence-electron chi connectivity index (χ0n) is 14.6. The number of likely N-dealkylation sites (N-methyl/N-ethyl adjacent to an activating group) is 1. The Morgan fingerprint density at radius 3 is 2.56 bits per heavy atom. The molecular weight excluding hydrogens is 381 g/mol. The highest BCUT2D eigenvalue weighted by atomic mass is 32.2. The molecule has 0 saturated heterocycles. The second kappa shape index (κ2) is 8.91. The zero-order valence-corrected chi connectivity index (χ0v) is 15.4. The molecule has 2 amide bonds. The van der Waals surface area contributed by atoms with E-state index in [1.807, 2.05) is 4.72 Å². The van der Waals surface area contributed by atoms with Gasteiger partial charge in [-0.25, -0.2) is 12.8 Å². The van der Waals surface area contributed by atoms with E-state index >= 15 is 0 Å². The normalized spacial score (nSPS) is 13.7. The summed E-state index contributed by atoms with van der Waals surface area (Å²) in [4.78, 5) is 35.5. The van der Waals surface area contributed by atoms with Crippen LogP contribution in [0.4, 0.5) is 4.39 Å². The Kier molecular flexibility index (Phi) is 6.86. The molecule has 0 aliphatic heterocycles. The molecule has 1 aromatic carbocycles. The highest BCUT2D eigenvalue weighted by molar-refractivity contribution is 7.89. The lowest BCUT2D eigenvalue weighted by atomic mass is 10.4. The Balaban J connectivity index is 1.74. The molecule has 0 unspecified atom stereocenters. The predicted molar refractivity (Wildman–Crippen MR) is 91.3 cm³/mol. The van der Waals surface area contributed by atoms with Crippen LogP contribution < -0.4 is 10.0 Å². The Morgan fingerprint density at radius 2 is 1.93 bits per heavy atom. The number of halogens is 1. The molecule has 9 nitrogen and oxygen atoms in total. The monoisotopic (exact) mass is 401 g/mol. The third kappa shape index (κ3) is 6.61. The van der Waals surface area contributed by atoms with Crippen molar-refractivity contribution in [3.8, 4) is 0 Å². The lowest BCUT2D eigenvalue weighted by Gasteiger charge is -2.16. The fourth-order valence-corrected chi connectivity index (χ4v) is 3.05. The van der Waals surface area contributed by atoms with Gasteiger partial charge in [-0.3, -0.25) is 14.4 Å². The number of nitrogens with one attached hydrogen (secondary N) is 2. The van der Waals surface area contributed by atoms with E-state index in [2.05, 4.69) is 10.1 Å². The van der Waals surface area contributed by atoms with E-state index in [-0.39, 0.29) is 18.5 Å². The predicted octanol–water partition coefficient (Wildman–Crippen LogP) is -0.616. The second-order valence-corrected chi connectivity index (χ2v) is 7.74. The van der Waals surface area contributed by atoms with Crippen LogP contribution in [0.15, 0.2) is 29.2 Å². The average Bonchev–Trinajstić information content (AvgIpc) is 3.41. The molecule has 1 aliphatic carbocycles. The van der Waals surface area contributed by atoms with Crippen molar-refractivity contribution in [3.05, 3.63) is 30.1 Å². The fourth-order valence-electron chi connectivity index (χ4n) is 2.00. The molecule has 0 heterocycles. The maximum Gasteiger partial charge on any atom is 0.321 e. The van der Waals surface area contributed by atoms with Crippen LogP contribution >= 0.6 is 0 Å². The van der Waals surface area contributed by atoms with E-state index in [0.29, 0.717) is 0 Å². The third-order valence-corrected chi connectivity index (χ3v) is 5.07. The van der Waals surface area contributed by atoms with Gasteiger partial charge in [-0.2, -0.15) is 4.72 Å². The Bertz CT molecular complexity index is 825. The smallest absolute Gasteiger partial charge is 0.321 e. The number of rotatable bonds is 9. The summed E-state index contributed by atoms with van der Waals surface area (Å²) in [5.41, 5.74) is 0. The summed E-state index contributed by atoms with van der Waals surface area (Å²) >= 11 is 0. The molecule has 0 radical (unpaired) electrons. The molecule has 0 atom stereocenters. The average molecular weight is 401 g/mol. The molecule has 0 aromatic heterocycles. The first-order valence-electron chi connectivity index (χ1n) is 8.12. The van der Waals surface area contributed by atoms with Gasteiger partial charge < -0.3 is 15.0 Å². The van der Waals surface area contributed by atoms with Gasteiger partial charge in [-0.1, -0.05) is 12.1 Å². The highest BCUT2D eigenvalue weighted by Crippen LogP contribution is 2.18. The third-order valence-electron chi connectivity index (χ3n) is 3.64. The summed E-state index contributed by atoms with van der Waals surface area (Å²) in [6.07, 6.45) is 1.84. The minimum Gasteiger partial charge on any atom is -0.455 e. The van der Waals surface area contributed by atoms with Crippen molar-refractivity contribution in [3.63, 3.8) is 0 Å². The quantitative estimate of drug-likeness (QED) is 0.532. The number of carbonyl (C=O) groups is 3. The maximum atomic E-state index is 13.5. The zero-order chi connectivity index (χ0) is 20.0. The number of sulfonamides is 1. The van der Waals surface area contributed by atoms with Gasteiger partial charge in [-0.15, -0.1) is 0 Å². The van der Waals surface area contributed by atoms with Crippen LogP contribution in [0, 0.1) is 5.82 Å². The summed E-state index contributed by atoms with van der Waals surface area (Å²) in [5.74, 6) is -2.90. The summed E-state index contributed by atoms with van der Waals surface area (Å²) in [6.45, 7) is -1.59. The molecule has 1 fully saturated rings. The fraction of sp³-hybridized carbons (Fsp3) is 0.438. The van der Waals surface area contributed by atoms with E-state index in [9.17, 15) is 27.2 Å². The lowest BCUT2D eigenvalue weighted by Crippen LogP contribution is -2.41. The van der Waals surface area contributed by atoms with E-state index < -0.39 is 45.8 Å². The Hall–Kier alpha value is -2.53. The Labute approximate surface area is 155 Å². The van der Waals surface area contributed by atoms with Crippen molar-refractivity contribution in [2.75, 3.05) is 26.7 Å². The van der Waals surface area contributed by atoms with Crippen LogP contribution in [0.25, 0.3) is 0 Å². The molecule has 1 aliphatic rings. The van der Waals surface area contributed by atoms with Gasteiger partial charge in [0.15, 0.2) is 6.61 Å². The number of ether oxygens (including phenoxy) is 1. The molecule has 2 N–H and O–H groups in total. The van der Waals surface area contributed by atoms with Gasteiger partial charge >= 0.3 is 5.97 Å². The van der Waals surface area contributed by atoms with Crippen LogP contribution in [0.5, 0.6) is 0 Å². The van der Waals surface area contributed by atoms with Gasteiger partial charge in [-0.05, 0) is 25.0 Å². The number of hydrogen-bond donors (Lipinski definition) is 2. The largest absolute Gasteiger partial charge is 0.455 e. The van der Waals surface area contributed by atoms with Gasteiger partial charge in [0.1, 0.15) is 17.3 Å². The number of benzene rings is 1. The van der Waals surface area contributed by atoms with Crippen molar-refractivity contribution in [2.24, 2.45) is 0 Å². The maximum absolute atomic E-state index is 13.5. The standard InChI is InChI=1S/C16H20FN3O6S/c1-20(9-14(21)19-11-6-7-11)15(22)10-26-16(23)8-18-27(24,25)13-5-3-2-4-12(13)17/h2-5,11,18H,6-10H2,1H3,(H,19,21). The first kappa shape index (κ1) is 20.8. The first-order valence-corrected chi connectivity index (χ1v) is 9.60. The molecule has 1 aromatic rings. The molecule has 2 rings (SSSR count). The van der Waals surface area contributed by atoms with Crippen molar-refractivity contribution in [1.29, 1.82) is 0 Å². The van der Waals surface area contributed by atoms with Crippen LogP contribution in [-0.2, 0) is 29.1 Å². The van der Waals surface area contributed by atoms with E-state index in [0.717, 1.165) is 29.9 Å². The van der Waals surface area contributed by atoms with Gasteiger partial charge in [0.25, 0.3) is 5.91 Å². The summed E-state index contributed by atoms with van der Waals surface area (Å²) in [6, 6.07) is 4.86. The topological polar surface area (TPSA) is 122 Å². The lowest BCUT2D eigenvalue weighted by molar-refractivity contribution is -0.151. The molecule has 1 saturated carbocycles. The minimum atomic E-state index is -4.24. The van der Waals surface area contributed by atoms with E-state index in [4.69, 9.17) is 0 Å². The van der Waals surface area contributed by atoms with Crippen LogP contribution in [0.2, 0.25) is 0 Å². The molecule has 11 heteroatoms. The number of esters is 1. The van der Waals surface area contributed by atoms with Crippen molar-refractivity contribution in [2.45, 2.75) is 23.8 Å². The van der Waals surface area contributed by atoms with Crippen LogP contribution in [0.1, 0.15) is 12.8 Å². The SMILES string of the molecule is CN(CC(=O)NC1CC1)C(=O)COC(=O)CNS(=O)(=O)c1ccccc1F. The summed E-state index contributed by atoms with van der Waals surface area (Å²) < 4.78 is 44.0. The number of hydrogen-bond acceptors (Lipinski definition) is 6. The van der Waals surface area contributed by atoms with Gasteiger partial charge in [0, 0.05) is 13.1 Å². The van der Waals surface area contributed by atoms with Crippen LogP contribution in [0.3, 0.4) is 0 Å². The number of nitrogens with zero attached hydrogens (tertiary/aromatic N) is 1. The van der Waals surface area contributed by atoms with Gasteiger partial charge in [0.2, 0.25) is 15.9 Å². The van der Waals surface area contributed by atoms with Crippen molar-refractivity contribution >= 4 is 27.8 Å². The first-order chi connectivity index (χ1) is 12.7. The molecular formula is C16H20FN3O6S. The second-order valence-electron chi connectivity index (χ2n) is 6.01. The molecule has 0 bridgehead atoms. The molecule has 0 spiro atoms.